The minimum absolute atomic E-state index is 0.0825. The topological polar surface area (TPSA) is 88.9 Å². The molecule has 0 unspecified atom stereocenters. The summed E-state index contributed by atoms with van der Waals surface area (Å²) in [6.45, 7) is 0. The second-order valence-corrected chi connectivity index (χ2v) is 8.22. The molecule has 1 aromatic carbocycles. The molecular weight excluding hydrogens is 397 g/mol. The van der Waals surface area contributed by atoms with E-state index in [-0.39, 0.29) is 41.4 Å². The Hall–Kier alpha value is -2.48. The molecule has 0 saturated heterocycles. The molecule has 0 spiro atoms. The van der Waals surface area contributed by atoms with E-state index in [0.717, 1.165) is 38.5 Å². The van der Waals surface area contributed by atoms with E-state index in [9.17, 15) is 14.0 Å². The summed E-state index contributed by atoms with van der Waals surface area (Å²) in [4.78, 5) is 24.4. The van der Waals surface area contributed by atoms with Gasteiger partial charge < -0.3 is 10.6 Å². The molecule has 2 amide bonds. The van der Waals surface area contributed by atoms with Gasteiger partial charge in [0.2, 0.25) is 5.91 Å². The number of nitrogens with one attached hydrogen (secondary N) is 2. The highest BCUT2D eigenvalue weighted by Gasteiger charge is 2.27. The Labute approximate surface area is 173 Å². The van der Waals surface area contributed by atoms with E-state index in [0.29, 0.717) is 11.3 Å². The number of rotatable bonds is 6. The number of amides is 2. The number of aromatic nitrogens is 3. The highest BCUT2D eigenvalue weighted by atomic mass is 35.5. The van der Waals surface area contributed by atoms with Crippen molar-refractivity contribution in [2.24, 2.45) is 0 Å². The molecule has 29 heavy (non-hydrogen) atoms. The van der Waals surface area contributed by atoms with Crippen LogP contribution in [0.1, 0.15) is 60.6 Å². The summed E-state index contributed by atoms with van der Waals surface area (Å²) in [5, 5.41) is 14.3. The highest BCUT2D eigenvalue weighted by Crippen LogP contribution is 2.28. The number of halogens is 2. The first-order valence-corrected chi connectivity index (χ1v) is 10.3. The number of carbonyl (C=O) groups excluding carboxylic acids is 2. The van der Waals surface area contributed by atoms with Gasteiger partial charge in [-0.1, -0.05) is 22.9 Å². The molecule has 9 heteroatoms. The molecule has 1 aromatic heterocycles. The number of carbonyl (C=O) groups is 2. The summed E-state index contributed by atoms with van der Waals surface area (Å²) in [5.41, 5.74) is 0.961. The maximum absolute atomic E-state index is 13.1. The van der Waals surface area contributed by atoms with Gasteiger partial charge in [0.1, 0.15) is 5.82 Å². The number of hydrogen-bond donors (Lipinski definition) is 2. The monoisotopic (exact) mass is 419 g/mol. The maximum atomic E-state index is 13.1. The molecule has 2 N–H and O–H groups in total. The first-order chi connectivity index (χ1) is 14.0. The first-order valence-electron chi connectivity index (χ1n) is 9.94. The van der Waals surface area contributed by atoms with E-state index < -0.39 is 5.82 Å². The lowest BCUT2D eigenvalue weighted by atomic mass is 9.91. The maximum Gasteiger partial charge on any atom is 0.273 e. The fourth-order valence-electron chi connectivity index (χ4n) is 3.65. The van der Waals surface area contributed by atoms with Crippen molar-refractivity contribution in [2.45, 2.75) is 63.1 Å². The molecule has 0 bridgehead atoms. The van der Waals surface area contributed by atoms with Crippen molar-refractivity contribution in [1.82, 2.24) is 25.6 Å². The molecule has 7 nitrogen and oxygen atoms in total. The van der Waals surface area contributed by atoms with Crippen LogP contribution in [0, 0.1) is 5.82 Å². The van der Waals surface area contributed by atoms with Crippen LogP contribution in [0.25, 0.3) is 0 Å². The van der Waals surface area contributed by atoms with Crippen LogP contribution in [0.15, 0.2) is 24.4 Å². The first kappa shape index (κ1) is 19.8. The van der Waals surface area contributed by atoms with Crippen LogP contribution in [0.5, 0.6) is 0 Å². The van der Waals surface area contributed by atoms with Crippen LogP contribution in [-0.4, -0.2) is 38.9 Å². The molecule has 154 valence electrons. The average Bonchev–Trinajstić information content (AvgIpc) is 3.36. The third-order valence-electron chi connectivity index (χ3n) is 5.46. The summed E-state index contributed by atoms with van der Waals surface area (Å²) in [5.74, 6) is -0.709. The van der Waals surface area contributed by atoms with Crippen molar-refractivity contribution < 1.29 is 14.0 Å². The number of hydrogen-bond acceptors (Lipinski definition) is 4. The van der Waals surface area contributed by atoms with Crippen molar-refractivity contribution in [1.29, 1.82) is 0 Å². The van der Waals surface area contributed by atoms with Crippen LogP contribution in [-0.2, 0) is 11.2 Å². The van der Waals surface area contributed by atoms with Crippen LogP contribution in [0.4, 0.5) is 4.39 Å². The van der Waals surface area contributed by atoms with Gasteiger partial charge in [0.25, 0.3) is 5.91 Å². The molecule has 2 fully saturated rings. The van der Waals surface area contributed by atoms with Crippen molar-refractivity contribution in [3.63, 3.8) is 0 Å². The van der Waals surface area contributed by atoms with E-state index in [1.807, 2.05) is 0 Å². The van der Waals surface area contributed by atoms with Crippen LogP contribution < -0.4 is 10.6 Å². The predicted molar refractivity (Wildman–Crippen MR) is 105 cm³/mol. The van der Waals surface area contributed by atoms with Crippen molar-refractivity contribution in [3.8, 4) is 0 Å². The third kappa shape index (κ3) is 5.12. The zero-order chi connectivity index (χ0) is 20.4. The van der Waals surface area contributed by atoms with Crippen molar-refractivity contribution >= 4 is 23.4 Å². The quantitative estimate of drug-likeness (QED) is 0.753. The standard InChI is InChI=1S/C20H23ClFN5O2/c21-17-10-13(22)2-1-12(17)9-19(28)23-14-5-7-16(8-6-14)27-11-18(25-26-27)20(29)24-15-3-4-15/h1-2,10-11,14-16H,3-9H2,(H,23,28)(H,24,29). The Morgan fingerprint density at radius 3 is 2.48 bits per heavy atom. The normalized spacial score (nSPS) is 21.6. The van der Waals surface area contributed by atoms with Crippen LogP contribution in [0.3, 0.4) is 0 Å². The third-order valence-corrected chi connectivity index (χ3v) is 5.81. The van der Waals surface area contributed by atoms with E-state index in [1.54, 1.807) is 10.9 Å². The van der Waals surface area contributed by atoms with E-state index in [4.69, 9.17) is 11.6 Å². The molecule has 0 aliphatic heterocycles. The van der Waals surface area contributed by atoms with Gasteiger partial charge in [0.05, 0.1) is 18.7 Å². The van der Waals surface area contributed by atoms with E-state index in [2.05, 4.69) is 20.9 Å². The average molecular weight is 420 g/mol. The fraction of sp³-hybridized carbons (Fsp3) is 0.500. The Bertz CT molecular complexity index is 906. The Morgan fingerprint density at radius 1 is 1.10 bits per heavy atom. The lowest BCUT2D eigenvalue weighted by Gasteiger charge is -2.29. The molecule has 4 rings (SSSR count). The molecule has 2 aliphatic rings. The van der Waals surface area contributed by atoms with Gasteiger partial charge >= 0.3 is 0 Å². The molecule has 1 heterocycles. The largest absolute Gasteiger partial charge is 0.353 e. The number of benzene rings is 1. The zero-order valence-corrected chi connectivity index (χ0v) is 16.7. The highest BCUT2D eigenvalue weighted by molar-refractivity contribution is 6.31. The summed E-state index contributed by atoms with van der Waals surface area (Å²) in [6, 6.07) is 4.60. The van der Waals surface area contributed by atoms with E-state index >= 15 is 0 Å². The molecule has 2 aromatic rings. The van der Waals surface area contributed by atoms with Gasteiger partial charge in [-0.2, -0.15) is 0 Å². The summed E-state index contributed by atoms with van der Waals surface area (Å²) >= 11 is 5.99. The van der Waals surface area contributed by atoms with Gasteiger partial charge in [-0.3, -0.25) is 9.59 Å². The van der Waals surface area contributed by atoms with Gasteiger partial charge in [-0.05, 0) is 56.2 Å². The molecular formula is C20H23ClFN5O2. The van der Waals surface area contributed by atoms with Gasteiger partial charge in [-0.25, -0.2) is 9.07 Å². The SMILES string of the molecule is O=C(Cc1ccc(F)cc1Cl)NC1CCC(n2cc(C(=O)NC3CC3)nn2)CC1. The Balaban J connectivity index is 1.25. The van der Waals surface area contributed by atoms with Gasteiger partial charge in [0, 0.05) is 17.1 Å². The lowest BCUT2D eigenvalue weighted by Crippen LogP contribution is -2.38. The second kappa shape index (κ2) is 8.49. The van der Waals surface area contributed by atoms with Crippen molar-refractivity contribution in [2.75, 3.05) is 0 Å². The molecule has 2 saturated carbocycles. The Kier molecular flexibility index (Phi) is 5.80. The van der Waals surface area contributed by atoms with Crippen LogP contribution >= 0.6 is 11.6 Å². The van der Waals surface area contributed by atoms with E-state index in [1.165, 1.54) is 18.2 Å². The van der Waals surface area contributed by atoms with Gasteiger partial charge in [-0.15, -0.1) is 5.10 Å². The number of nitrogens with zero attached hydrogens (tertiary/aromatic N) is 3. The summed E-state index contributed by atoms with van der Waals surface area (Å²) in [7, 11) is 0. The second-order valence-electron chi connectivity index (χ2n) is 7.82. The smallest absolute Gasteiger partial charge is 0.273 e. The summed E-state index contributed by atoms with van der Waals surface area (Å²) < 4.78 is 14.9. The molecule has 2 aliphatic carbocycles. The van der Waals surface area contributed by atoms with Gasteiger partial charge in [0.15, 0.2) is 5.69 Å². The summed E-state index contributed by atoms with van der Waals surface area (Å²) in [6.07, 6.45) is 7.21. The Morgan fingerprint density at radius 2 is 1.79 bits per heavy atom. The molecule has 0 atom stereocenters. The molecule has 0 radical (unpaired) electrons. The minimum atomic E-state index is -0.418. The predicted octanol–water partition coefficient (Wildman–Crippen LogP) is 2.81. The van der Waals surface area contributed by atoms with Crippen LogP contribution in [0.2, 0.25) is 5.02 Å². The minimum Gasteiger partial charge on any atom is -0.353 e. The lowest BCUT2D eigenvalue weighted by molar-refractivity contribution is -0.121. The van der Waals surface area contributed by atoms with Crippen molar-refractivity contribution in [3.05, 3.63) is 46.5 Å². The zero-order valence-electron chi connectivity index (χ0n) is 15.9. The fourth-order valence-corrected chi connectivity index (χ4v) is 3.88.